The van der Waals surface area contributed by atoms with Gasteiger partial charge < -0.3 is 15.2 Å². The van der Waals surface area contributed by atoms with Crippen LogP contribution in [0.15, 0.2) is 4.52 Å². The Morgan fingerprint density at radius 1 is 1.26 bits per heavy atom. The van der Waals surface area contributed by atoms with Crippen LogP contribution in [0.5, 0.6) is 0 Å². The zero-order valence-corrected chi connectivity index (χ0v) is 11.0. The summed E-state index contributed by atoms with van der Waals surface area (Å²) in [6, 6.07) is 0.268. The highest BCUT2D eigenvalue weighted by atomic mass is 16.5. The smallest absolute Gasteiger partial charge is 0.315 e. The molecule has 2 saturated carbocycles. The van der Waals surface area contributed by atoms with Gasteiger partial charge in [-0.2, -0.15) is 4.98 Å². The SMILES string of the molecule is O=C(NCCc1noc(C2CC2)n1)NC1CCCC1. The van der Waals surface area contributed by atoms with Crippen molar-refractivity contribution in [3.63, 3.8) is 0 Å². The van der Waals surface area contributed by atoms with E-state index in [2.05, 4.69) is 20.8 Å². The van der Waals surface area contributed by atoms with E-state index >= 15 is 0 Å². The summed E-state index contributed by atoms with van der Waals surface area (Å²) in [6.45, 7) is 0.544. The van der Waals surface area contributed by atoms with Gasteiger partial charge in [-0.1, -0.05) is 18.0 Å². The highest BCUT2D eigenvalue weighted by Gasteiger charge is 2.29. The Bertz CT molecular complexity index is 436. The second-order valence-electron chi connectivity index (χ2n) is 5.45. The molecular weight excluding hydrogens is 244 g/mol. The lowest BCUT2D eigenvalue weighted by molar-refractivity contribution is 0.237. The number of carbonyl (C=O) groups excluding carboxylic acids is 1. The monoisotopic (exact) mass is 264 g/mol. The summed E-state index contributed by atoms with van der Waals surface area (Å²) in [5.74, 6) is 1.92. The molecular formula is C13H20N4O2. The number of amides is 2. The van der Waals surface area contributed by atoms with Gasteiger partial charge in [0, 0.05) is 24.9 Å². The molecule has 0 spiro atoms. The third-order valence-corrected chi connectivity index (χ3v) is 3.73. The van der Waals surface area contributed by atoms with Crippen LogP contribution in [0.4, 0.5) is 4.79 Å². The van der Waals surface area contributed by atoms with Crippen molar-refractivity contribution in [3.8, 4) is 0 Å². The molecule has 0 bridgehead atoms. The maximum atomic E-state index is 11.6. The van der Waals surface area contributed by atoms with Crippen LogP contribution in [0, 0.1) is 0 Å². The van der Waals surface area contributed by atoms with Gasteiger partial charge in [0.2, 0.25) is 5.89 Å². The zero-order chi connectivity index (χ0) is 13.1. The Hall–Kier alpha value is -1.59. The van der Waals surface area contributed by atoms with E-state index in [1.165, 1.54) is 12.8 Å². The summed E-state index contributed by atoms with van der Waals surface area (Å²) in [5, 5.41) is 9.74. The zero-order valence-electron chi connectivity index (χ0n) is 11.0. The highest BCUT2D eigenvalue weighted by Crippen LogP contribution is 2.38. The molecule has 1 heterocycles. The number of carbonyl (C=O) groups is 1. The van der Waals surface area contributed by atoms with Crippen molar-refractivity contribution in [1.82, 2.24) is 20.8 Å². The summed E-state index contributed by atoms with van der Waals surface area (Å²) in [5.41, 5.74) is 0. The van der Waals surface area contributed by atoms with Gasteiger partial charge in [-0.3, -0.25) is 0 Å². The number of rotatable bonds is 5. The van der Waals surface area contributed by atoms with Crippen molar-refractivity contribution >= 4 is 6.03 Å². The molecule has 0 aliphatic heterocycles. The standard InChI is InChI=1S/C13H20N4O2/c18-13(15-10-3-1-2-4-10)14-8-7-11-16-12(19-17-11)9-5-6-9/h9-10H,1-8H2,(H2,14,15,18). The summed E-state index contributed by atoms with van der Waals surface area (Å²) in [7, 11) is 0. The molecule has 19 heavy (non-hydrogen) atoms. The first-order chi connectivity index (χ1) is 9.31. The molecule has 2 aliphatic rings. The number of aromatic nitrogens is 2. The van der Waals surface area contributed by atoms with Crippen LogP contribution in [0.2, 0.25) is 0 Å². The van der Waals surface area contributed by atoms with Gasteiger partial charge in [-0.15, -0.1) is 0 Å². The molecule has 0 unspecified atom stereocenters. The maximum Gasteiger partial charge on any atom is 0.315 e. The van der Waals surface area contributed by atoms with E-state index in [-0.39, 0.29) is 6.03 Å². The summed E-state index contributed by atoms with van der Waals surface area (Å²) >= 11 is 0. The number of urea groups is 1. The minimum Gasteiger partial charge on any atom is -0.339 e. The number of hydrogen-bond donors (Lipinski definition) is 2. The molecule has 0 aromatic carbocycles. The van der Waals surface area contributed by atoms with Crippen LogP contribution < -0.4 is 10.6 Å². The molecule has 0 saturated heterocycles. The fourth-order valence-electron chi connectivity index (χ4n) is 2.46. The molecule has 6 nitrogen and oxygen atoms in total. The molecule has 2 aliphatic carbocycles. The van der Waals surface area contributed by atoms with Crippen molar-refractivity contribution in [3.05, 3.63) is 11.7 Å². The third kappa shape index (κ3) is 3.45. The lowest BCUT2D eigenvalue weighted by Crippen LogP contribution is -2.41. The van der Waals surface area contributed by atoms with Crippen LogP contribution >= 0.6 is 0 Å². The maximum absolute atomic E-state index is 11.6. The van der Waals surface area contributed by atoms with Gasteiger partial charge in [0.25, 0.3) is 0 Å². The average Bonchev–Trinajstić information content (AvgIpc) is 2.92. The lowest BCUT2D eigenvalue weighted by Gasteiger charge is -2.12. The van der Waals surface area contributed by atoms with Crippen LogP contribution in [0.1, 0.15) is 56.2 Å². The second-order valence-corrected chi connectivity index (χ2v) is 5.45. The molecule has 2 N–H and O–H groups in total. The molecule has 104 valence electrons. The Kier molecular flexibility index (Phi) is 3.66. The second kappa shape index (κ2) is 5.59. The predicted molar refractivity (Wildman–Crippen MR) is 68.8 cm³/mol. The first-order valence-corrected chi connectivity index (χ1v) is 7.18. The van der Waals surface area contributed by atoms with Gasteiger partial charge >= 0.3 is 6.03 Å². The number of nitrogens with one attached hydrogen (secondary N) is 2. The minimum atomic E-state index is -0.0854. The van der Waals surface area contributed by atoms with Crippen LogP contribution in [-0.2, 0) is 6.42 Å². The van der Waals surface area contributed by atoms with Crippen molar-refractivity contribution < 1.29 is 9.32 Å². The topological polar surface area (TPSA) is 80.1 Å². The van der Waals surface area contributed by atoms with Gasteiger partial charge in [0.1, 0.15) is 0 Å². The molecule has 6 heteroatoms. The Labute approximate surface area is 112 Å². The molecule has 2 amide bonds. The first-order valence-electron chi connectivity index (χ1n) is 7.18. The average molecular weight is 264 g/mol. The normalized spacial score (nSPS) is 19.6. The Morgan fingerprint density at radius 2 is 2.05 bits per heavy atom. The van der Waals surface area contributed by atoms with Crippen LogP contribution in [0.3, 0.4) is 0 Å². The highest BCUT2D eigenvalue weighted by molar-refractivity contribution is 5.74. The summed E-state index contributed by atoms with van der Waals surface area (Å²) in [4.78, 5) is 15.9. The Morgan fingerprint density at radius 3 is 2.79 bits per heavy atom. The summed E-state index contributed by atoms with van der Waals surface area (Å²) < 4.78 is 5.16. The molecule has 2 fully saturated rings. The van der Waals surface area contributed by atoms with Gasteiger partial charge in [-0.25, -0.2) is 4.79 Å². The quantitative estimate of drug-likeness (QED) is 0.848. The van der Waals surface area contributed by atoms with E-state index in [1.807, 2.05) is 0 Å². The van der Waals surface area contributed by atoms with Crippen molar-refractivity contribution in [2.45, 2.75) is 56.9 Å². The van der Waals surface area contributed by atoms with E-state index in [0.717, 1.165) is 31.6 Å². The third-order valence-electron chi connectivity index (χ3n) is 3.73. The van der Waals surface area contributed by atoms with Crippen molar-refractivity contribution in [1.29, 1.82) is 0 Å². The number of nitrogens with zero attached hydrogens (tertiary/aromatic N) is 2. The van der Waals surface area contributed by atoms with E-state index in [0.29, 0.717) is 30.7 Å². The van der Waals surface area contributed by atoms with E-state index < -0.39 is 0 Å². The van der Waals surface area contributed by atoms with Crippen molar-refractivity contribution in [2.75, 3.05) is 6.54 Å². The first kappa shape index (κ1) is 12.4. The Balaban J connectivity index is 1.35. The van der Waals surface area contributed by atoms with E-state index in [4.69, 9.17) is 4.52 Å². The predicted octanol–water partition coefficient (Wildman–Crippen LogP) is 1.73. The number of hydrogen-bond acceptors (Lipinski definition) is 4. The summed E-state index contributed by atoms with van der Waals surface area (Å²) in [6.07, 6.45) is 7.57. The fraction of sp³-hybridized carbons (Fsp3) is 0.769. The molecule has 0 radical (unpaired) electrons. The van der Waals surface area contributed by atoms with Gasteiger partial charge in [0.05, 0.1) is 0 Å². The van der Waals surface area contributed by atoms with Gasteiger partial charge in [0.15, 0.2) is 5.82 Å². The van der Waals surface area contributed by atoms with Crippen LogP contribution in [-0.4, -0.2) is 28.8 Å². The molecule has 1 aromatic rings. The van der Waals surface area contributed by atoms with E-state index in [9.17, 15) is 4.79 Å². The largest absolute Gasteiger partial charge is 0.339 e. The van der Waals surface area contributed by atoms with E-state index in [1.54, 1.807) is 0 Å². The lowest BCUT2D eigenvalue weighted by atomic mass is 10.2. The van der Waals surface area contributed by atoms with Crippen LogP contribution in [0.25, 0.3) is 0 Å². The minimum absolute atomic E-state index is 0.0854. The fourth-order valence-corrected chi connectivity index (χ4v) is 2.46. The van der Waals surface area contributed by atoms with Crippen molar-refractivity contribution in [2.24, 2.45) is 0 Å². The molecule has 1 aromatic heterocycles. The van der Waals surface area contributed by atoms with Gasteiger partial charge in [-0.05, 0) is 25.7 Å². The molecule has 3 rings (SSSR count). The molecule has 0 atom stereocenters.